The molecule has 0 amide bonds. The van der Waals surface area contributed by atoms with Crippen LogP contribution in [0.4, 0.5) is 0 Å². The lowest BCUT2D eigenvalue weighted by atomic mass is 9.94. The Morgan fingerprint density at radius 3 is 2.55 bits per heavy atom. The summed E-state index contributed by atoms with van der Waals surface area (Å²) in [6.07, 6.45) is 3.65. The molecule has 120 valence electrons. The van der Waals surface area contributed by atoms with E-state index in [4.69, 9.17) is 4.74 Å². The van der Waals surface area contributed by atoms with Crippen LogP contribution in [-0.4, -0.2) is 49.8 Å². The van der Waals surface area contributed by atoms with Crippen molar-refractivity contribution in [2.24, 2.45) is 11.8 Å². The first-order chi connectivity index (χ1) is 9.58. The predicted octanol–water partition coefficient (Wildman–Crippen LogP) is 3.15. The number of nitrogens with one attached hydrogen (secondary N) is 1. The number of rotatable bonds is 9. The fourth-order valence-electron chi connectivity index (χ4n) is 2.87. The van der Waals surface area contributed by atoms with E-state index in [1.165, 1.54) is 25.8 Å². The third-order valence-electron chi connectivity index (χ3n) is 4.70. The Kier molecular flexibility index (Phi) is 8.74. The lowest BCUT2D eigenvalue weighted by molar-refractivity contribution is 0.0436. The summed E-state index contributed by atoms with van der Waals surface area (Å²) >= 11 is 0. The molecular formula is C17H36N2O. The van der Waals surface area contributed by atoms with Gasteiger partial charge in [0.25, 0.3) is 0 Å². The van der Waals surface area contributed by atoms with Gasteiger partial charge in [-0.3, -0.25) is 4.90 Å². The summed E-state index contributed by atoms with van der Waals surface area (Å²) in [5.74, 6) is 1.50. The van der Waals surface area contributed by atoms with Crippen LogP contribution in [0.5, 0.6) is 0 Å². The Morgan fingerprint density at radius 2 is 1.95 bits per heavy atom. The summed E-state index contributed by atoms with van der Waals surface area (Å²) in [6.45, 7) is 16.7. The second kappa shape index (κ2) is 9.75. The van der Waals surface area contributed by atoms with E-state index in [1.807, 2.05) is 0 Å². The average Bonchev–Trinajstić information content (AvgIpc) is 2.45. The maximum atomic E-state index is 5.82. The van der Waals surface area contributed by atoms with Gasteiger partial charge in [-0.05, 0) is 24.7 Å². The molecular weight excluding hydrogens is 248 g/mol. The summed E-state index contributed by atoms with van der Waals surface area (Å²) in [5.41, 5.74) is 0. The smallest absolute Gasteiger partial charge is 0.0593 e. The zero-order chi connectivity index (χ0) is 15.0. The summed E-state index contributed by atoms with van der Waals surface area (Å²) in [4.78, 5) is 2.66. The fourth-order valence-corrected chi connectivity index (χ4v) is 2.87. The Hall–Kier alpha value is -0.120. The first-order valence-electron chi connectivity index (χ1n) is 8.63. The molecule has 1 saturated heterocycles. The highest BCUT2D eigenvalue weighted by molar-refractivity contribution is 4.87. The standard InChI is InChI=1S/C17H36N2O/c1-6-15(5)17-12-18-16(7-2)13-19(17)9-11-20-10-8-14(3)4/h14-18H,6-13H2,1-5H3. The van der Waals surface area contributed by atoms with Gasteiger partial charge in [0.1, 0.15) is 0 Å². The maximum Gasteiger partial charge on any atom is 0.0593 e. The van der Waals surface area contributed by atoms with Crippen LogP contribution in [0.2, 0.25) is 0 Å². The molecule has 1 aliphatic heterocycles. The molecule has 1 rings (SSSR count). The summed E-state index contributed by atoms with van der Waals surface area (Å²) in [6, 6.07) is 1.34. The Morgan fingerprint density at radius 1 is 1.20 bits per heavy atom. The van der Waals surface area contributed by atoms with Crippen LogP contribution in [0.25, 0.3) is 0 Å². The molecule has 0 spiro atoms. The summed E-state index contributed by atoms with van der Waals surface area (Å²) < 4.78 is 5.82. The van der Waals surface area contributed by atoms with Crippen molar-refractivity contribution in [2.75, 3.05) is 32.8 Å². The highest BCUT2D eigenvalue weighted by Gasteiger charge is 2.29. The van der Waals surface area contributed by atoms with Gasteiger partial charge >= 0.3 is 0 Å². The Labute approximate surface area is 126 Å². The largest absolute Gasteiger partial charge is 0.380 e. The van der Waals surface area contributed by atoms with Crippen molar-refractivity contribution in [3.8, 4) is 0 Å². The van der Waals surface area contributed by atoms with Gasteiger partial charge in [0.05, 0.1) is 6.61 Å². The van der Waals surface area contributed by atoms with Gasteiger partial charge in [0.15, 0.2) is 0 Å². The lowest BCUT2D eigenvalue weighted by Gasteiger charge is -2.43. The van der Waals surface area contributed by atoms with Crippen molar-refractivity contribution < 1.29 is 4.74 Å². The van der Waals surface area contributed by atoms with E-state index in [2.05, 4.69) is 44.8 Å². The Bertz CT molecular complexity index is 245. The highest BCUT2D eigenvalue weighted by Crippen LogP contribution is 2.18. The second-order valence-electron chi connectivity index (χ2n) is 6.76. The van der Waals surface area contributed by atoms with Crippen molar-refractivity contribution in [3.05, 3.63) is 0 Å². The Balaban J connectivity index is 2.35. The van der Waals surface area contributed by atoms with E-state index < -0.39 is 0 Å². The van der Waals surface area contributed by atoms with E-state index in [9.17, 15) is 0 Å². The fraction of sp³-hybridized carbons (Fsp3) is 1.00. The molecule has 0 aromatic carbocycles. The minimum Gasteiger partial charge on any atom is -0.380 e. The molecule has 0 aromatic heterocycles. The molecule has 0 bridgehead atoms. The van der Waals surface area contributed by atoms with Crippen molar-refractivity contribution in [3.63, 3.8) is 0 Å². The van der Waals surface area contributed by atoms with E-state index in [-0.39, 0.29) is 0 Å². The number of hydrogen-bond acceptors (Lipinski definition) is 3. The second-order valence-corrected chi connectivity index (χ2v) is 6.76. The van der Waals surface area contributed by atoms with Crippen LogP contribution in [0.1, 0.15) is 53.9 Å². The molecule has 0 aromatic rings. The molecule has 1 fully saturated rings. The molecule has 0 saturated carbocycles. The molecule has 1 N–H and O–H groups in total. The average molecular weight is 284 g/mol. The molecule has 0 aliphatic carbocycles. The van der Waals surface area contributed by atoms with Crippen molar-refractivity contribution in [1.82, 2.24) is 10.2 Å². The topological polar surface area (TPSA) is 24.5 Å². The van der Waals surface area contributed by atoms with E-state index >= 15 is 0 Å². The molecule has 1 aliphatic rings. The summed E-state index contributed by atoms with van der Waals surface area (Å²) in [5, 5.41) is 3.70. The van der Waals surface area contributed by atoms with Crippen molar-refractivity contribution in [1.29, 1.82) is 0 Å². The number of ether oxygens (including phenoxy) is 1. The first-order valence-corrected chi connectivity index (χ1v) is 8.63. The molecule has 3 nitrogen and oxygen atoms in total. The van der Waals surface area contributed by atoms with E-state index in [0.29, 0.717) is 12.1 Å². The SMILES string of the molecule is CCC1CN(CCOCCC(C)C)C(C(C)CC)CN1. The van der Waals surface area contributed by atoms with Crippen molar-refractivity contribution >= 4 is 0 Å². The number of nitrogens with zero attached hydrogens (tertiary/aromatic N) is 1. The van der Waals surface area contributed by atoms with Crippen LogP contribution in [0, 0.1) is 11.8 Å². The molecule has 1 heterocycles. The third-order valence-corrected chi connectivity index (χ3v) is 4.70. The molecule has 3 unspecified atom stereocenters. The molecule has 0 radical (unpaired) electrons. The van der Waals surface area contributed by atoms with Gasteiger partial charge in [-0.1, -0.05) is 41.0 Å². The zero-order valence-electron chi connectivity index (χ0n) is 14.3. The lowest BCUT2D eigenvalue weighted by Crippen LogP contribution is -2.58. The van der Waals surface area contributed by atoms with Gasteiger partial charge in [0.2, 0.25) is 0 Å². The van der Waals surface area contributed by atoms with Crippen LogP contribution in [-0.2, 0) is 4.74 Å². The highest BCUT2D eigenvalue weighted by atomic mass is 16.5. The van der Waals surface area contributed by atoms with Crippen molar-refractivity contribution in [2.45, 2.75) is 66.0 Å². The van der Waals surface area contributed by atoms with Gasteiger partial charge in [-0.15, -0.1) is 0 Å². The van der Waals surface area contributed by atoms with Crippen LogP contribution in [0.15, 0.2) is 0 Å². The monoisotopic (exact) mass is 284 g/mol. The van der Waals surface area contributed by atoms with Gasteiger partial charge in [0, 0.05) is 38.3 Å². The minimum absolute atomic E-state index is 0.658. The predicted molar refractivity (Wildman–Crippen MR) is 87.2 cm³/mol. The van der Waals surface area contributed by atoms with Crippen LogP contribution in [0.3, 0.4) is 0 Å². The molecule has 20 heavy (non-hydrogen) atoms. The molecule has 3 atom stereocenters. The molecule has 3 heteroatoms. The third kappa shape index (κ3) is 6.11. The quantitative estimate of drug-likeness (QED) is 0.658. The number of piperazine rings is 1. The van der Waals surface area contributed by atoms with Crippen LogP contribution >= 0.6 is 0 Å². The van der Waals surface area contributed by atoms with Gasteiger partial charge in [-0.2, -0.15) is 0 Å². The van der Waals surface area contributed by atoms with Crippen LogP contribution < -0.4 is 5.32 Å². The van der Waals surface area contributed by atoms with E-state index in [1.54, 1.807) is 0 Å². The zero-order valence-corrected chi connectivity index (χ0v) is 14.3. The first kappa shape index (κ1) is 17.9. The normalized spacial score (nSPS) is 26.1. The van der Waals surface area contributed by atoms with Gasteiger partial charge < -0.3 is 10.1 Å². The van der Waals surface area contributed by atoms with E-state index in [0.717, 1.165) is 38.1 Å². The van der Waals surface area contributed by atoms with Gasteiger partial charge in [-0.25, -0.2) is 0 Å². The minimum atomic E-state index is 0.658. The summed E-state index contributed by atoms with van der Waals surface area (Å²) in [7, 11) is 0. The maximum absolute atomic E-state index is 5.82. The number of hydrogen-bond donors (Lipinski definition) is 1.